The summed E-state index contributed by atoms with van der Waals surface area (Å²) in [7, 11) is 5.90. The number of nitrogens with one attached hydrogen (secondary N) is 2. The average Bonchev–Trinajstić information content (AvgIpc) is 3.50. The molecule has 4 aromatic heterocycles. The van der Waals surface area contributed by atoms with E-state index in [0.29, 0.717) is 43.4 Å². The standard InChI is InChI=1S/C18H24N10OS/c1-26(8-12-4-6-29-11-12)17-21-18(25-24-17)28(3)10-14-13(5-7-30-14)9-27(2)16-20-15(19)22-23-16/h4-7,11H,8-10H2,1-3H3,(H,21,24,25)(H3,19,20,22,23). The number of aromatic amines is 2. The number of H-pyrrole nitrogens is 2. The first-order chi connectivity index (χ1) is 14.5. The van der Waals surface area contributed by atoms with Crippen molar-refractivity contribution in [2.45, 2.75) is 19.6 Å². The molecule has 0 unspecified atom stereocenters. The Labute approximate surface area is 177 Å². The number of nitrogen functional groups attached to an aromatic ring is 1. The van der Waals surface area contributed by atoms with Gasteiger partial charge in [-0.3, -0.25) is 9.97 Å². The summed E-state index contributed by atoms with van der Waals surface area (Å²) < 4.78 is 5.12. The molecule has 4 heterocycles. The van der Waals surface area contributed by atoms with Crippen LogP contribution in [0.3, 0.4) is 0 Å². The van der Waals surface area contributed by atoms with E-state index in [9.17, 15) is 0 Å². The van der Waals surface area contributed by atoms with E-state index in [1.807, 2.05) is 41.9 Å². The van der Waals surface area contributed by atoms with Crippen molar-refractivity contribution in [3.05, 3.63) is 46.0 Å². The minimum absolute atomic E-state index is 0.306. The second-order valence-corrected chi connectivity index (χ2v) is 8.08. The van der Waals surface area contributed by atoms with Gasteiger partial charge >= 0.3 is 0 Å². The second-order valence-electron chi connectivity index (χ2n) is 7.07. The van der Waals surface area contributed by atoms with E-state index in [-0.39, 0.29) is 0 Å². The van der Waals surface area contributed by atoms with Gasteiger partial charge in [-0.05, 0) is 23.1 Å². The lowest BCUT2D eigenvalue weighted by Crippen LogP contribution is -2.21. The van der Waals surface area contributed by atoms with E-state index < -0.39 is 0 Å². The fourth-order valence-electron chi connectivity index (χ4n) is 3.02. The molecule has 0 fully saturated rings. The summed E-state index contributed by atoms with van der Waals surface area (Å²) in [4.78, 5) is 13.5. The number of thiophene rings is 1. The van der Waals surface area contributed by atoms with E-state index in [2.05, 4.69) is 41.8 Å². The smallest absolute Gasteiger partial charge is 0.226 e. The van der Waals surface area contributed by atoms with Gasteiger partial charge in [0.05, 0.1) is 19.1 Å². The predicted octanol–water partition coefficient (Wildman–Crippen LogP) is 2.07. The molecule has 0 spiro atoms. The van der Waals surface area contributed by atoms with Gasteiger partial charge in [0, 0.05) is 44.7 Å². The van der Waals surface area contributed by atoms with Crippen molar-refractivity contribution >= 4 is 35.1 Å². The lowest BCUT2D eigenvalue weighted by atomic mass is 10.2. The predicted molar refractivity (Wildman–Crippen MR) is 117 cm³/mol. The van der Waals surface area contributed by atoms with Crippen LogP contribution in [0.1, 0.15) is 16.0 Å². The zero-order valence-corrected chi connectivity index (χ0v) is 17.8. The molecule has 0 atom stereocenters. The third kappa shape index (κ3) is 4.38. The molecular formula is C18H24N10OS. The summed E-state index contributed by atoms with van der Waals surface area (Å²) in [5, 5.41) is 18.5. The summed E-state index contributed by atoms with van der Waals surface area (Å²) in [6.45, 7) is 2.08. The number of anilines is 4. The Morgan fingerprint density at radius 1 is 0.900 bits per heavy atom. The van der Waals surface area contributed by atoms with Crippen molar-refractivity contribution in [3.8, 4) is 0 Å². The number of aromatic nitrogens is 6. The van der Waals surface area contributed by atoms with E-state index in [4.69, 9.17) is 10.2 Å². The normalized spacial score (nSPS) is 11.0. The molecular weight excluding hydrogens is 404 g/mol. The molecule has 0 aliphatic carbocycles. The highest BCUT2D eigenvalue weighted by Crippen LogP contribution is 2.23. The van der Waals surface area contributed by atoms with E-state index in [1.54, 1.807) is 23.9 Å². The SMILES string of the molecule is CN(Cc1ccsc1CN(C)c1nnc(N(C)Cc2ccoc2)[nH]1)c1nnc(N)[nH]1. The molecule has 158 valence electrons. The monoisotopic (exact) mass is 428 g/mol. The van der Waals surface area contributed by atoms with Gasteiger partial charge in [-0.2, -0.15) is 0 Å². The number of nitrogens with zero attached hydrogens (tertiary/aromatic N) is 7. The van der Waals surface area contributed by atoms with E-state index in [0.717, 1.165) is 5.56 Å². The van der Waals surface area contributed by atoms with Gasteiger partial charge in [0.1, 0.15) is 0 Å². The largest absolute Gasteiger partial charge is 0.472 e. The van der Waals surface area contributed by atoms with Crippen LogP contribution in [0.15, 0.2) is 34.5 Å². The van der Waals surface area contributed by atoms with Gasteiger partial charge in [-0.15, -0.1) is 31.7 Å². The first-order valence-corrected chi connectivity index (χ1v) is 10.2. The number of hydrogen-bond acceptors (Lipinski definition) is 10. The molecule has 11 nitrogen and oxygen atoms in total. The Morgan fingerprint density at radius 2 is 1.57 bits per heavy atom. The molecule has 4 rings (SSSR count). The molecule has 0 saturated heterocycles. The summed E-state index contributed by atoms with van der Waals surface area (Å²) in [5.74, 6) is 2.35. The maximum absolute atomic E-state index is 5.63. The fourth-order valence-corrected chi connectivity index (χ4v) is 3.97. The Morgan fingerprint density at radius 3 is 2.23 bits per heavy atom. The molecule has 0 amide bonds. The highest BCUT2D eigenvalue weighted by atomic mass is 32.1. The molecule has 30 heavy (non-hydrogen) atoms. The highest BCUT2D eigenvalue weighted by molar-refractivity contribution is 7.10. The maximum atomic E-state index is 5.63. The molecule has 0 aromatic carbocycles. The molecule has 0 radical (unpaired) electrons. The summed E-state index contributed by atoms with van der Waals surface area (Å²) >= 11 is 1.71. The van der Waals surface area contributed by atoms with Crippen LogP contribution in [-0.4, -0.2) is 51.5 Å². The zero-order chi connectivity index (χ0) is 21.1. The van der Waals surface area contributed by atoms with Crippen LogP contribution >= 0.6 is 11.3 Å². The van der Waals surface area contributed by atoms with Crippen LogP contribution in [0, 0.1) is 0 Å². The molecule has 0 saturated carbocycles. The Bertz CT molecular complexity index is 1070. The first-order valence-electron chi connectivity index (χ1n) is 9.30. The minimum Gasteiger partial charge on any atom is -0.472 e. The van der Waals surface area contributed by atoms with Gasteiger partial charge in [0.15, 0.2) is 0 Å². The molecule has 0 aliphatic rings. The van der Waals surface area contributed by atoms with Crippen molar-refractivity contribution in [2.75, 3.05) is 41.6 Å². The van der Waals surface area contributed by atoms with E-state index in [1.165, 1.54) is 10.4 Å². The van der Waals surface area contributed by atoms with Crippen molar-refractivity contribution < 1.29 is 4.42 Å². The Kier molecular flexibility index (Phi) is 5.57. The average molecular weight is 429 g/mol. The summed E-state index contributed by atoms with van der Waals surface area (Å²) in [6.07, 6.45) is 3.39. The molecule has 0 bridgehead atoms. The lowest BCUT2D eigenvalue weighted by molar-refractivity contribution is 0.563. The molecule has 0 aliphatic heterocycles. The minimum atomic E-state index is 0.306. The third-order valence-electron chi connectivity index (χ3n) is 4.67. The second kappa shape index (κ2) is 8.45. The van der Waals surface area contributed by atoms with Crippen molar-refractivity contribution in [3.63, 3.8) is 0 Å². The van der Waals surface area contributed by atoms with Gasteiger partial charge in [0.25, 0.3) is 0 Å². The van der Waals surface area contributed by atoms with E-state index >= 15 is 0 Å². The fraction of sp³-hybridized carbons (Fsp3) is 0.333. The van der Waals surface area contributed by atoms with Crippen molar-refractivity contribution in [2.24, 2.45) is 0 Å². The van der Waals surface area contributed by atoms with Gasteiger partial charge in [-0.25, -0.2) is 0 Å². The zero-order valence-electron chi connectivity index (χ0n) is 17.0. The topological polar surface area (TPSA) is 132 Å². The van der Waals surface area contributed by atoms with Crippen LogP contribution in [0.5, 0.6) is 0 Å². The van der Waals surface area contributed by atoms with Gasteiger partial charge in [-0.1, -0.05) is 0 Å². The van der Waals surface area contributed by atoms with Crippen molar-refractivity contribution in [1.29, 1.82) is 0 Å². The van der Waals surface area contributed by atoms with Crippen LogP contribution < -0.4 is 20.4 Å². The molecule has 4 aromatic rings. The van der Waals surface area contributed by atoms with Crippen LogP contribution in [0.25, 0.3) is 0 Å². The third-order valence-corrected chi connectivity index (χ3v) is 5.61. The van der Waals surface area contributed by atoms with Gasteiger partial charge in [0.2, 0.25) is 23.8 Å². The number of hydrogen-bond donors (Lipinski definition) is 3. The van der Waals surface area contributed by atoms with Crippen LogP contribution in [-0.2, 0) is 19.6 Å². The highest BCUT2D eigenvalue weighted by Gasteiger charge is 2.16. The summed E-state index contributed by atoms with van der Waals surface area (Å²) in [5.41, 5.74) is 7.91. The number of nitrogens with two attached hydrogens (primary N) is 1. The van der Waals surface area contributed by atoms with Gasteiger partial charge < -0.3 is 24.9 Å². The Balaban J connectivity index is 1.39. The van der Waals surface area contributed by atoms with Crippen LogP contribution in [0.2, 0.25) is 0 Å². The lowest BCUT2D eigenvalue weighted by Gasteiger charge is -2.19. The quantitative estimate of drug-likeness (QED) is 0.366. The number of furan rings is 1. The molecule has 4 N–H and O–H groups in total. The maximum Gasteiger partial charge on any atom is 0.226 e. The van der Waals surface area contributed by atoms with Crippen LogP contribution in [0.4, 0.5) is 23.8 Å². The first kappa shape index (κ1) is 19.8. The number of rotatable bonds is 9. The van der Waals surface area contributed by atoms with Crippen molar-refractivity contribution in [1.82, 2.24) is 30.4 Å². The Hall–Kier alpha value is -3.54. The summed E-state index contributed by atoms with van der Waals surface area (Å²) in [6, 6.07) is 4.05. The molecule has 12 heteroatoms.